The standard InChI is InChI=1S/C22H30FN3O3S/c1-6-16-13-18(14-19(23)20(16)26-30(5,28)29)25-21(27)24-12-11-15-7-9-17(10-8-15)22(2,3)4/h7-10,13-14,26H,6,11-12H2,1-5H3,(H2,24,25,27). The first kappa shape index (κ1) is 23.7. The van der Waals surface area contributed by atoms with Crippen LogP contribution in [-0.2, 0) is 28.3 Å². The first-order chi connectivity index (χ1) is 13.9. The smallest absolute Gasteiger partial charge is 0.319 e. The molecule has 0 aromatic heterocycles. The number of urea groups is 1. The van der Waals surface area contributed by atoms with Crippen LogP contribution in [0.5, 0.6) is 0 Å². The summed E-state index contributed by atoms with van der Waals surface area (Å²) in [5, 5.41) is 5.35. The second-order valence-electron chi connectivity index (χ2n) is 8.30. The van der Waals surface area contributed by atoms with E-state index in [1.54, 1.807) is 13.0 Å². The third-order valence-corrected chi connectivity index (χ3v) is 5.19. The molecule has 0 saturated carbocycles. The Morgan fingerprint density at radius 2 is 1.73 bits per heavy atom. The number of benzene rings is 2. The van der Waals surface area contributed by atoms with Crippen LogP contribution in [0.15, 0.2) is 36.4 Å². The molecule has 0 aliphatic carbocycles. The number of anilines is 2. The molecule has 0 fully saturated rings. The molecule has 0 heterocycles. The lowest BCUT2D eigenvalue weighted by Gasteiger charge is -2.19. The minimum absolute atomic E-state index is 0.0929. The Morgan fingerprint density at radius 3 is 2.27 bits per heavy atom. The maximum absolute atomic E-state index is 14.4. The van der Waals surface area contributed by atoms with Gasteiger partial charge in [-0.15, -0.1) is 0 Å². The number of hydrogen-bond acceptors (Lipinski definition) is 3. The van der Waals surface area contributed by atoms with Gasteiger partial charge in [-0.1, -0.05) is 52.0 Å². The zero-order valence-corrected chi connectivity index (χ0v) is 18.9. The second-order valence-corrected chi connectivity index (χ2v) is 10.0. The van der Waals surface area contributed by atoms with Gasteiger partial charge in [0.2, 0.25) is 10.0 Å². The number of nitrogens with one attached hydrogen (secondary N) is 3. The first-order valence-electron chi connectivity index (χ1n) is 9.83. The van der Waals surface area contributed by atoms with Gasteiger partial charge < -0.3 is 10.6 Å². The van der Waals surface area contributed by atoms with Crippen LogP contribution in [-0.4, -0.2) is 27.2 Å². The summed E-state index contributed by atoms with van der Waals surface area (Å²) in [6.45, 7) is 8.67. The maximum atomic E-state index is 14.4. The van der Waals surface area contributed by atoms with E-state index in [2.05, 4.69) is 60.4 Å². The number of sulfonamides is 1. The summed E-state index contributed by atoms with van der Waals surface area (Å²) in [7, 11) is -3.61. The van der Waals surface area contributed by atoms with Gasteiger partial charge in [-0.3, -0.25) is 4.72 Å². The summed E-state index contributed by atoms with van der Waals surface area (Å²) in [6.07, 6.45) is 2.03. The van der Waals surface area contributed by atoms with Crippen LogP contribution < -0.4 is 15.4 Å². The minimum atomic E-state index is -3.61. The highest BCUT2D eigenvalue weighted by molar-refractivity contribution is 7.92. The summed E-state index contributed by atoms with van der Waals surface area (Å²) >= 11 is 0. The molecule has 6 nitrogen and oxygen atoms in total. The summed E-state index contributed by atoms with van der Waals surface area (Å²) in [6, 6.07) is 10.5. The van der Waals surface area contributed by atoms with E-state index in [0.717, 1.165) is 17.9 Å². The second kappa shape index (κ2) is 9.47. The molecule has 164 valence electrons. The van der Waals surface area contributed by atoms with Crippen molar-refractivity contribution in [1.82, 2.24) is 5.32 Å². The van der Waals surface area contributed by atoms with Gasteiger partial charge in [0.1, 0.15) is 5.82 Å². The lowest BCUT2D eigenvalue weighted by Crippen LogP contribution is -2.30. The molecule has 8 heteroatoms. The van der Waals surface area contributed by atoms with Crippen LogP contribution in [0.4, 0.5) is 20.6 Å². The van der Waals surface area contributed by atoms with Crippen LogP contribution >= 0.6 is 0 Å². The Morgan fingerprint density at radius 1 is 1.10 bits per heavy atom. The third-order valence-electron chi connectivity index (χ3n) is 4.62. The van der Waals surface area contributed by atoms with Crippen LogP contribution in [0.25, 0.3) is 0 Å². The van der Waals surface area contributed by atoms with Crippen LogP contribution in [0.1, 0.15) is 44.4 Å². The molecule has 2 aromatic rings. The van der Waals surface area contributed by atoms with Crippen molar-refractivity contribution in [1.29, 1.82) is 0 Å². The molecule has 0 unspecified atom stereocenters. The third kappa shape index (κ3) is 7.02. The molecular formula is C22H30FN3O3S. The van der Waals surface area contributed by atoms with Gasteiger partial charge in [-0.2, -0.15) is 0 Å². The number of halogens is 1. The van der Waals surface area contributed by atoms with E-state index in [-0.39, 0.29) is 16.8 Å². The predicted molar refractivity (Wildman–Crippen MR) is 120 cm³/mol. The lowest BCUT2D eigenvalue weighted by molar-refractivity contribution is 0.252. The fourth-order valence-corrected chi connectivity index (χ4v) is 3.58. The molecule has 2 amide bonds. The van der Waals surface area contributed by atoms with Crippen molar-refractivity contribution >= 4 is 27.4 Å². The van der Waals surface area contributed by atoms with Gasteiger partial charge in [-0.25, -0.2) is 17.6 Å². The molecule has 0 aliphatic rings. The Labute approximate surface area is 178 Å². The van der Waals surface area contributed by atoms with Crippen molar-refractivity contribution in [3.05, 3.63) is 58.9 Å². The van der Waals surface area contributed by atoms with E-state index in [1.807, 2.05) is 0 Å². The summed E-state index contributed by atoms with van der Waals surface area (Å²) in [5.41, 5.74) is 3.07. The normalized spacial score (nSPS) is 11.8. The molecule has 2 rings (SSSR count). The van der Waals surface area contributed by atoms with E-state index in [9.17, 15) is 17.6 Å². The largest absolute Gasteiger partial charge is 0.338 e. The van der Waals surface area contributed by atoms with Gasteiger partial charge >= 0.3 is 6.03 Å². The topological polar surface area (TPSA) is 87.3 Å². The minimum Gasteiger partial charge on any atom is -0.338 e. The number of rotatable bonds is 7. The monoisotopic (exact) mass is 435 g/mol. The molecule has 0 radical (unpaired) electrons. The summed E-state index contributed by atoms with van der Waals surface area (Å²) in [4.78, 5) is 12.2. The van der Waals surface area contributed by atoms with Crippen molar-refractivity contribution in [3.63, 3.8) is 0 Å². The van der Waals surface area contributed by atoms with Crippen LogP contribution in [0.2, 0.25) is 0 Å². The van der Waals surface area contributed by atoms with Crippen LogP contribution in [0, 0.1) is 5.82 Å². The van der Waals surface area contributed by atoms with Crippen molar-refractivity contribution in [2.75, 3.05) is 22.8 Å². The number of carbonyl (C=O) groups excluding carboxylic acids is 1. The Kier molecular flexibility index (Phi) is 7.47. The molecule has 0 saturated heterocycles. The fourth-order valence-electron chi connectivity index (χ4n) is 2.98. The molecule has 0 aliphatic heterocycles. The number of hydrogen-bond donors (Lipinski definition) is 3. The molecule has 0 bridgehead atoms. The number of aryl methyl sites for hydroxylation is 1. The first-order valence-corrected chi connectivity index (χ1v) is 11.7. The predicted octanol–water partition coefficient (Wildman–Crippen LogP) is 4.42. The molecule has 0 atom stereocenters. The van der Waals surface area contributed by atoms with E-state index in [4.69, 9.17) is 0 Å². The Hall–Kier alpha value is -2.61. The summed E-state index contributed by atoms with van der Waals surface area (Å²) < 4.78 is 39.4. The molecule has 0 spiro atoms. The van der Waals surface area contributed by atoms with E-state index in [0.29, 0.717) is 24.9 Å². The zero-order chi connectivity index (χ0) is 22.5. The SMILES string of the molecule is CCc1cc(NC(=O)NCCc2ccc(C(C)(C)C)cc2)cc(F)c1NS(C)(=O)=O. The van der Waals surface area contributed by atoms with Crippen molar-refractivity contribution in [2.24, 2.45) is 0 Å². The van der Waals surface area contributed by atoms with E-state index in [1.165, 1.54) is 5.56 Å². The van der Waals surface area contributed by atoms with Gasteiger partial charge in [0, 0.05) is 12.2 Å². The average molecular weight is 436 g/mol. The molecule has 30 heavy (non-hydrogen) atoms. The van der Waals surface area contributed by atoms with Gasteiger partial charge in [0.25, 0.3) is 0 Å². The number of carbonyl (C=O) groups is 1. The Balaban J connectivity index is 1.95. The fraction of sp³-hybridized carbons (Fsp3) is 0.409. The van der Waals surface area contributed by atoms with Crippen molar-refractivity contribution in [2.45, 2.75) is 46.0 Å². The van der Waals surface area contributed by atoms with Gasteiger partial charge in [-0.05, 0) is 47.1 Å². The van der Waals surface area contributed by atoms with Gasteiger partial charge in [0.05, 0.1) is 11.9 Å². The average Bonchev–Trinajstić information content (AvgIpc) is 2.62. The van der Waals surface area contributed by atoms with Gasteiger partial charge in [0.15, 0.2) is 0 Å². The zero-order valence-electron chi connectivity index (χ0n) is 18.1. The quantitative estimate of drug-likeness (QED) is 0.602. The van der Waals surface area contributed by atoms with E-state index < -0.39 is 21.9 Å². The van der Waals surface area contributed by atoms with E-state index >= 15 is 0 Å². The molecule has 3 N–H and O–H groups in total. The molecular weight excluding hydrogens is 405 g/mol. The van der Waals surface area contributed by atoms with Crippen molar-refractivity contribution < 1.29 is 17.6 Å². The number of amides is 2. The maximum Gasteiger partial charge on any atom is 0.319 e. The highest BCUT2D eigenvalue weighted by Gasteiger charge is 2.15. The van der Waals surface area contributed by atoms with Crippen LogP contribution in [0.3, 0.4) is 0 Å². The summed E-state index contributed by atoms with van der Waals surface area (Å²) in [5.74, 6) is -0.742. The highest BCUT2D eigenvalue weighted by atomic mass is 32.2. The van der Waals surface area contributed by atoms with Crippen molar-refractivity contribution in [3.8, 4) is 0 Å². The lowest BCUT2D eigenvalue weighted by atomic mass is 9.86. The molecule has 2 aromatic carbocycles. The Bertz CT molecular complexity index is 998. The highest BCUT2D eigenvalue weighted by Crippen LogP contribution is 2.26.